The van der Waals surface area contributed by atoms with Crippen LogP contribution in [0, 0.1) is 13.8 Å². The Bertz CT molecular complexity index is 758. The number of carbonyl (C=O) groups is 1. The number of aryl methyl sites for hydroxylation is 2. The zero-order chi connectivity index (χ0) is 17.8. The van der Waals surface area contributed by atoms with Gasteiger partial charge in [-0.15, -0.1) is 22.7 Å². The molecule has 132 valence electrons. The molecular weight excluding hydrogens is 350 g/mol. The topological polar surface area (TPSA) is 40.5 Å². The molecule has 0 fully saturated rings. The first-order valence-corrected chi connectivity index (χ1v) is 10.3. The van der Waals surface area contributed by atoms with Crippen molar-refractivity contribution in [2.24, 2.45) is 0 Å². The molecule has 0 spiro atoms. The van der Waals surface area contributed by atoms with Crippen LogP contribution in [0.15, 0.2) is 41.1 Å². The molecule has 0 saturated heterocycles. The smallest absolute Gasteiger partial charge is 0.407 e. The van der Waals surface area contributed by atoms with Gasteiger partial charge in [-0.05, 0) is 67.1 Å². The van der Waals surface area contributed by atoms with Gasteiger partial charge in [-0.1, -0.05) is 18.2 Å². The van der Waals surface area contributed by atoms with Crippen molar-refractivity contribution in [3.05, 3.63) is 62.0 Å². The molecule has 5 heteroatoms. The number of thiophene rings is 2. The molecule has 1 amide bonds. The normalized spacial score (nSPS) is 16.9. The average molecular weight is 374 g/mol. The van der Waals surface area contributed by atoms with E-state index < -0.39 is 6.09 Å². The third-order valence-electron chi connectivity index (χ3n) is 4.57. The molecule has 3 nitrogen and oxygen atoms in total. The van der Waals surface area contributed by atoms with Gasteiger partial charge in [0, 0.05) is 21.9 Å². The predicted octanol–water partition coefficient (Wildman–Crippen LogP) is 5.95. The summed E-state index contributed by atoms with van der Waals surface area (Å²) in [5.41, 5.74) is 3.89. The summed E-state index contributed by atoms with van der Waals surface area (Å²) >= 11 is 3.55. The Morgan fingerprint density at radius 3 is 2.40 bits per heavy atom. The molecule has 2 aromatic rings. The summed E-state index contributed by atoms with van der Waals surface area (Å²) in [6.07, 6.45) is 8.11. The molecule has 25 heavy (non-hydrogen) atoms. The molecule has 1 atom stereocenters. The van der Waals surface area contributed by atoms with Gasteiger partial charge in [-0.2, -0.15) is 0 Å². The first kappa shape index (κ1) is 18.0. The van der Waals surface area contributed by atoms with Crippen molar-refractivity contribution in [1.82, 2.24) is 4.90 Å². The van der Waals surface area contributed by atoms with Crippen LogP contribution in [-0.2, 0) is 0 Å². The van der Waals surface area contributed by atoms with Crippen molar-refractivity contribution in [3.8, 4) is 0 Å². The number of rotatable bonds is 5. The van der Waals surface area contributed by atoms with Crippen molar-refractivity contribution in [2.75, 3.05) is 6.54 Å². The molecule has 0 bridgehead atoms. The van der Waals surface area contributed by atoms with Crippen LogP contribution in [0.2, 0.25) is 0 Å². The van der Waals surface area contributed by atoms with Crippen LogP contribution < -0.4 is 0 Å². The molecular formula is C20H23NO2S2. The van der Waals surface area contributed by atoms with Crippen molar-refractivity contribution >= 4 is 34.3 Å². The molecule has 0 saturated carbocycles. The Balaban J connectivity index is 1.81. The van der Waals surface area contributed by atoms with Crippen molar-refractivity contribution in [1.29, 1.82) is 0 Å². The molecule has 2 aromatic heterocycles. The van der Waals surface area contributed by atoms with E-state index in [1.54, 1.807) is 27.6 Å². The molecule has 1 aliphatic rings. The summed E-state index contributed by atoms with van der Waals surface area (Å²) < 4.78 is 0. The van der Waals surface area contributed by atoms with Gasteiger partial charge in [0.15, 0.2) is 0 Å². The highest BCUT2D eigenvalue weighted by Crippen LogP contribution is 2.35. The fourth-order valence-electron chi connectivity index (χ4n) is 3.21. The van der Waals surface area contributed by atoms with Crippen LogP contribution in [0.5, 0.6) is 0 Å². The Morgan fingerprint density at radius 1 is 1.24 bits per heavy atom. The lowest BCUT2D eigenvalue weighted by molar-refractivity contribution is 0.130. The first-order valence-electron chi connectivity index (χ1n) is 8.53. The lowest BCUT2D eigenvalue weighted by atomic mass is 10.0. The van der Waals surface area contributed by atoms with E-state index in [2.05, 4.69) is 48.9 Å². The summed E-state index contributed by atoms with van der Waals surface area (Å²) in [7, 11) is 0. The van der Waals surface area contributed by atoms with E-state index in [1.807, 2.05) is 6.08 Å². The maximum absolute atomic E-state index is 11.4. The van der Waals surface area contributed by atoms with Crippen LogP contribution in [0.1, 0.15) is 40.1 Å². The minimum absolute atomic E-state index is 0.0161. The minimum atomic E-state index is -0.818. The lowest BCUT2D eigenvalue weighted by Gasteiger charge is -2.29. The monoisotopic (exact) mass is 373 g/mol. The molecule has 0 aromatic carbocycles. The lowest BCUT2D eigenvalue weighted by Crippen LogP contribution is -2.40. The highest BCUT2D eigenvalue weighted by atomic mass is 32.1. The van der Waals surface area contributed by atoms with Crippen molar-refractivity contribution in [3.63, 3.8) is 0 Å². The van der Waals surface area contributed by atoms with E-state index in [1.165, 1.54) is 26.5 Å². The van der Waals surface area contributed by atoms with E-state index in [-0.39, 0.29) is 6.04 Å². The number of carboxylic acid groups (broad SMARTS) is 1. The van der Waals surface area contributed by atoms with E-state index in [0.29, 0.717) is 6.54 Å². The number of amides is 1. The first-order chi connectivity index (χ1) is 12.1. The SMILES string of the molecule is Cc1ccsc1C(=CCCC1C=CCCN1C(=O)O)c1sccc1C. The Morgan fingerprint density at radius 2 is 1.88 bits per heavy atom. The minimum Gasteiger partial charge on any atom is -0.465 e. The molecule has 1 aliphatic heterocycles. The molecule has 0 radical (unpaired) electrons. The zero-order valence-corrected chi connectivity index (χ0v) is 16.2. The summed E-state index contributed by atoms with van der Waals surface area (Å²) in [6, 6.07) is 4.30. The van der Waals surface area contributed by atoms with Crippen LogP contribution in [-0.4, -0.2) is 28.7 Å². The second-order valence-corrected chi connectivity index (χ2v) is 8.15. The van der Waals surface area contributed by atoms with E-state index in [9.17, 15) is 9.90 Å². The fourth-order valence-corrected chi connectivity index (χ4v) is 5.22. The van der Waals surface area contributed by atoms with Gasteiger partial charge < -0.3 is 10.0 Å². The summed E-state index contributed by atoms with van der Waals surface area (Å²) in [4.78, 5) is 15.6. The Labute approximate surface area is 156 Å². The van der Waals surface area contributed by atoms with Gasteiger partial charge in [-0.25, -0.2) is 4.79 Å². The Hall–Kier alpha value is -1.85. The third kappa shape index (κ3) is 4.05. The van der Waals surface area contributed by atoms with Crippen molar-refractivity contribution < 1.29 is 9.90 Å². The highest BCUT2D eigenvalue weighted by molar-refractivity contribution is 7.14. The van der Waals surface area contributed by atoms with Gasteiger partial charge in [0.2, 0.25) is 0 Å². The van der Waals surface area contributed by atoms with Crippen LogP contribution >= 0.6 is 22.7 Å². The van der Waals surface area contributed by atoms with E-state index in [4.69, 9.17) is 0 Å². The summed E-state index contributed by atoms with van der Waals surface area (Å²) in [5, 5.41) is 13.6. The number of nitrogens with zero attached hydrogens (tertiary/aromatic N) is 1. The van der Waals surface area contributed by atoms with Crippen LogP contribution in [0.25, 0.3) is 5.57 Å². The number of allylic oxidation sites excluding steroid dienone is 1. The largest absolute Gasteiger partial charge is 0.465 e. The van der Waals surface area contributed by atoms with E-state index >= 15 is 0 Å². The fraction of sp³-hybridized carbons (Fsp3) is 0.350. The predicted molar refractivity (Wildman–Crippen MR) is 107 cm³/mol. The van der Waals surface area contributed by atoms with Gasteiger partial charge in [0.25, 0.3) is 0 Å². The van der Waals surface area contributed by atoms with Gasteiger partial charge in [0.05, 0.1) is 6.04 Å². The molecule has 3 rings (SSSR count). The van der Waals surface area contributed by atoms with Gasteiger partial charge >= 0.3 is 6.09 Å². The summed E-state index contributed by atoms with van der Waals surface area (Å²) in [6.45, 7) is 4.90. The standard InChI is InChI=1S/C20H23NO2S2/c1-14-9-12-24-18(14)17(19-15(2)10-13-25-19)8-5-7-16-6-3-4-11-21(16)20(22)23/h3,6,8-10,12-13,16H,4-5,7,11H2,1-2H3,(H,22,23). The van der Waals surface area contributed by atoms with Crippen molar-refractivity contribution in [2.45, 2.75) is 39.2 Å². The molecule has 1 unspecified atom stereocenters. The molecule has 3 heterocycles. The molecule has 1 N–H and O–H groups in total. The van der Waals surface area contributed by atoms with E-state index in [0.717, 1.165) is 19.3 Å². The second kappa shape index (κ2) is 8.02. The number of hydrogen-bond donors (Lipinski definition) is 1. The maximum atomic E-state index is 11.4. The summed E-state index contributed by atoms with van der Waals surface area (Å²) in [5.74, 6) is 0. The average Bonchev–Trinajstić information content (AvgIpc) is 3.21. The van der Waals surface area contributed by atoms with Gasteiger partial charge in [-0.3, -0.25) is 0 Å². The second-order valence-electron chi connectivity index (χ2n) is 6.32. The van der Waals surface area contributed by atoms with Crippen LogP contribution in [0.4, 0.5) is 4.79 Å². The third-order valence-corrected chi connectivity index (χ3v) is 6.66. The van der Waals surface area contributed by atoms with Gasteiger partial charge in [0.1, 0.15) is 0 Å². The molecule has 0 aliphatic carbocycles. The number of hydrogen-bond acceptors (Lipinski definition) is 3. The Kier molecular flexibility index (Phi) is 5.76. The maximum Gasteiger partial charge on any atom is 0.407 e. The van der Waals surface area contributed by atoms with Crippen LogP contribution in [0.3, 0.4) is 0 Å². The zero-order valence-electron chi connectivity index (χ0n) is 14.6. The highest BCUT2D eigenvalue weighted by Gasteiger charge is 2.22. The quantitative estimate of drug-likeness (QED) is 0.658.